The molecule has 0 aromatic carbocycles. The molecule has 2 aromatic heterocycles. The Balaban J connectivity index is 0.000000211. The van der Waals surface area contributed by atoms with E-state index in [0.29, 0.717) is 35.2 Å². The predicted octanol–water partition coefficient (Wildman–Crippen LogP) is 5.38. The minimum Gasteiger partial charge on any atom is -0.489 e. The van der Waals surface area contributed by atoms with E-state index in [2.05, 4.69) is 15.3 Å². The Morgan fingerprint density at radius 2 is 1.37 bits per heavy atom. The zero-order valence-corrected chi connectivity index (χ0v) is 22.0. The summed E-state index contributed by atoms with van der Waals surface area (Å²) in [4.78, 5) is 21.6. The van der Waals surface area contributed by atoms with E-state index in [1.165, 1.54) is 0 Å². The third-order valence-corrected chi connectivity index (χ3v) is 5.83. The number of hydrogen-bond acceptors (Lipinski definition) is 7. The molecular formula is C25H34Cl2N4O4. The third-order valence-electron chi connectivity index (χ3n) is 5.39. The van der Waals surface area contributed by atoms with Crippen LogP contribution in [0.3, 0.4) is 0 Å². The van der Waals surface area contributed by atoms with Gasteiger partial charge in [0, 0.05) is 25.9 Å². The summed E-state index contributed by atoms with van der Waals surface area (Å²) in [7, 11) is 0. The average molecular weight is 525 g/mol. The average Bonchev–Trinajstić information content (AvgIpc) is 2.83. The van der Waals surface area contributed by atoms with Gasteiger partial charge in [-0.1, -0.05) is 23.2 Å². The van der Waals surface area contributed by atoms with Gasteiger partial charge in [0.25, 0.3) is 0 Å². The van der Waals surface area contributed by atoms with Gasteiger partial charge >= 0.3 is 6.09 Å². The van der Waals surface area contributed by atoms with Crippen molar-refractivity contribution in [1.82, 2.24) is 20.2 Å². The first-order valence-electron chi connectivity index (χ1n) is 11.9. The molecule has 10 heteroatoms. The second-order valence-corrected chi connectivity index (χ2v) is 10.3. The number of carbonyl (C=O) groups is 1. The standard InChI is InChI=1S/C15H21ClN2O3.C10H13ClN2O/c1-15(2,3)21-14(19)18-8-6-11(7-9-18)20-12-4-5-13(16)17-10-12;11-10-2-1-9(7-13-10)14-8-3-5-12-6-4-8/h4-5,10-11H,6-9H2,1-3H3;1-2,7-8,12H,3-6H2. The van der Waals surface area contributed by atoms with E-state index >= 15 is 0 Å². The molecule has 2 fully saturated rings. The van der Waals surface area contributed by atoms with Crippen molar-refractivity contribution in [3.8, 4) is 11.5 Å². The van der Waals surface area contributed by atoms with E-state index in [0.717, 1.165) is 44.5 Å². The minimum atomic E-state index is -0.459. The highest BCUT2D eigenvalue weighted by molar-refractivity contribution is 6.29. The van der Waals surface area contributed by atoms with Crippen molar-refractivity contribution in [2.24, 2.45) is 0 Å². The van der Waals surface area contributed by atoms with Crippen LogP contribution in [0.2, 0.25) is 10.3 Å². The monoisotopic (exact) mass is 524 g/mol. The lowest BCUT2D eigenvalue weighted by molar-refractivity contribution is 0.0126. The molecule has 0 unspecified atom stereocenters. The fourth-order valence-corrected chi connectivity index (χ4v) is 3.87. The van der Waals surface area contributed by atoms with Crippen molar-refractivity contribution in [1.29, 1.82) is 0 Å². The molecule has 4 heterocycles. The number of carbonyl (C=O) groups excluding carboxylic acids is 1. The van der Waals surface area contributed by atoms with E-state index in [1.807, 2.05) is 26.8 Å². The van der Waals surface area contributed by atoms with Crippen molar-refractivity contribution < 1.29 is 19.0 Å². The molecule has 4 rings (SSSR count). The molecule has 0 aliphatic carbocycles. The van der Waals surface area contributed by atoms with Crippen molar-refractivity contribution in [3.05, 3.63) is 47.0 Å². The quantitative estimate of drug-likeness (QED) is 0.537. The van der Waals surface area contributed by atoms with Crippen LogP contribution in [-0.4, -0.2) is 64.9 Å². The smallest absolute Gasteiger partial charge is 0.410 e. The van der Waals surface area contributed by atoms with Crippen LogP contribution in [0.4, 0.5) is 4.79 Å². The zero-order valence-electron chi connectivity index (χ0n) is 20.5. The number of hydrogen-bond donors (Lipinski definition) is 1. The number of aromatic nitrogens is 2. The summed E-state index contributed by atoms with van der Waals surface area (Å²) < 4.78 is 17.0. The molecule has 0 bridgehead atoms. The lowest BCUT2D eigenvalue weighted by Crippen LogP contribution is -2.44. The third kappa shape index (κ3) is 10.1. The molecule has 192 valence electrons. The molecular weight excluding hydrogens is 491 g/mol. The first-order valence-corrected chi connectivity index (χ1v) is 12.7. The Morgan fingerprint density at radius 1 is 0.886 bits per heavy atom. The van der Waals surface area contributed by atoms with Crippen molar-refractivity contribution in [2.45, 2.75) is 64.3 Å². The van der Waals surface area contributed by atoms with Gasteiger partial charge < -0.3 is 24.4 Å². The number of ether oxygens (including phenoxy) is 3. The maximum absolute atomic E-state index is 12.0. The van der Waals surface area contributed by atoms with Crippen LogP contribution in [-0.2, 0) is 4.74 Å². The molecule has 8 nitrogen and oxygen atoms in total. The highest BCUT2D eigenvalue weighted by Gasteiger charge is 2.27. The van der Waals surface area contributed by atoms with E-state index in [-0.39, 0.29) is 12.2 Å². The maximum Gasteiger partial charge on any atom is 0.410 e. The molecule has 35 heavy (non-hydrogen) atoms. The molecule has 1 N–H and O–H groups in total. The number of amides is 1. The molecule has 2 aliphatic rings. The lowest BCUT2D eigenvalue weighted by atomic mass is 10.1. The van der Waals surface area contributed by atoms with Gasteiger partial charge in [-0.3, -0.25) is 0 Å². The molecule has 0 saturated carbocycles. The van der Waals surface area contributed by atoms with E-state index < -0.39 is 5.60 Å². The highest BCUT2D eigenvalue weighted by Crippen LogP contribution is 2.21. The van der Waals surface area contributed by atoms with Crippen molar-refractivity contribution >= 4 is 29.3 Å². The topological polar surface area (TPSA) is 85.8 Å². The van der Waals surface area contributed by atoms with E-state index in [1.54, 1.807) is 35.5 Å². The Morgan fingerprint density at radius 3 is 1.80 bits per heavy atom. The number of piperidine rings is 2. The molecule has 0 spiro atoms. The van der Waals surface area contributed by atoms with Crippen LogP contribution in [0, 0.1) is 0 Å². The van der Waals surface area contributed by atoms with Crippen LogP contribution in [0.25, 0.3) is 0 Å². The van der Waals surface area contributed by atoms with E-state index in [9.17, 15) is 4.79 Å². The number of rotatable bonds is 4. The van der Waals surface area contributed by atoms with Crippen LogP contribution >= 0.6 is 23.2 Å². The van der Waals surface area contributed by atoms with Crippen molar-refractivity contribution in [3.63, 3.8) is 0 Å². The van der Waals surface area contributed by atoms with Gasteiger partial charge in [-0.2, -0.15) is 0 Å². The Bertz CT molecular complexity index is 909. The SMILES string of the molecule is CC(C)(C)OC(=O)N1CCC(Oc2ccc(Cl)nc2)CC1.Clc1ccc(OC2CCNCC2)cn1. The number of halogens is 2. The van der Waals surface area contributed by atoms with Gasteiger partial charge in [-0.25, -0.2) is 14.8 Å². The normalized spacial score (nSPS) is 17.2. The summed E-state index contributed by atoms with van der Waals surface area (Å²) in [6, 6.07) is 7.11. The summed E-state index contributed by atoms with van der Waals surface area (Å²) >= 11 is 11.4. The molecule has 0 radical (unpaired) electrons. The second-order valence-electron chi connectivity index (χ2n) is 9.49. The van der Waals surface area contributed by atoms with Gasteiger partial charge in [0.05, 0.1) is 12.4 Å². The van der Waals surface area contributed by atoms with Gasteiger partial charge in [0.1, 0.15) is 39.6 Å². The van der Waals surface area contributed by atoms with E-state index in [4.69, 9.17) is 37.4 Å². The highest BCUT2D eigenvalue weighted by atomic mass is 35.5. The van der Waals surface area contributed by atoms with Crippen LogP contribution in [0.15, 0.2) is 36.7 Å². The number of nitrogens with one attached hydrogen (secondary N) is 1. The Kier molecular flexibility index (Phi) is 10.2. The fraction of sp³-hybridized carbons (Fsp3) is 0.560. The summed E-state index contributed by atoms with van der Waals surface area (Å²) in [6.07, 6.45) is 7.11. The predicted molar refractivity (Wildman–Crippen MR) is 136 cm³/mol. The Hall–Kier alpha value is -2.29. The van der Waals surface area contributed by atoms with Gasteiger partial charge in [0.15, 0.2) is 0 Å². The Labute approximate surface area is 217 Å². The lowest BCUT2D eigenvalue weighted by Gasteiger charge is -2.33. The summed E-state index contributed by atoms with van der Waals surface area (Å²) in [5.41, 5.74) is -0.459. The minimum absolute atomic E-state index is 0.0895. The van der Waals surface area contributed by atoms with Gasteiger partial charge in [-0.05, 0) is 71.0 Å². The fourth-order valence-electron chi connectivity index (χ4n) is 3.64. The summed E-state index contributed by atoms with van der Waals surface area (Å²) in [5.74, 6) is 1.51. The summed E-state index contributed by atoms with van der Waals surface area (Å²) in [5, 5.41) is 4.24. The van der Waals surface area contributed by atoms with Gasteiger partial charge in [0.2, 0.25) is 0 Å². The zero-order chi connectivity index (χ0) is 25.3. The number of nitrogens with zero attached hydrogens (tertiary/aromatic N) is 3. The first kappa shape index (κ1) is 27.3. The van der Waals surface area contributed by atoms with Gasteiger partial charge in [-0.15, -0.1) is 0 Å². The van der Waals surface area contributed by atoms with Crippen LogP contribution in [0.1, 0.15) is 46.5 Å². The van der Waals surface area contributed by atoms with Crippen LogP contribution < -0.4 is 14.8 Å². The maximum atomic E-state index is 12.0. The number of likely N-dealkylation sites (tertiary alicyclic amines) is 1. The number of pyridine rings is 2. The van der Waals surface area contributed by atoms with Crippen molar-refractivity contribution in [2.75, 3.05) is 26.2 Å². The molecule has 2 aliphatic heterocycles. The molecule has 2 saturated heterocycles. The first-order chi connectivity index (χ1) is 16.7. The largest absolute Gasteiger partial charge is 0.489 e. The molecule has 2 aromatic rings. The van der Waals surface area contributed by atoms with Crippen LogP contribution in [0.5, 0.6) is 11.5 Å². The molecule has 1 amide bonds. The molecule has 0 atom stereocenters. The summed E-state index contributed by atoms with van der Waals surface area (Å²) in [6.45, 7) is 8.95. The second kappa shape index (κ2) is 13.1.